The summed E-state index contributed by atoms with van der Waals surface area (Å²) < 4.78 is 43.7. The molecule has 0 saturated carbocycles. The van der Waals surface area contributed by atoms with Gasteiger partial charge in [0, 0.05) is 17.5 Å². The van der Waals surface area contributed by atoms with Gasteiger partial charge in [-0.05, 0) is 30.2 Å². The first-order valence-electron chi connectivity index (χ1n) is 10.2. The van der Waals surface area contributed by atoms with Crippen molar-refractivity contribution in [1.29, 1.82) is 0 Å². The van der Waals surface area contributed by atoms with E-state index in [1.165, 1.54) is 37.5 Å². The van der Waals surface area contributed by atoms with E-state index in [9.17, 15) is 27.8 Å². The largest absolute Gasteiger partial charge is 0.469 e. The lowest BCUT2D eigenvalue weighted by atomic mass is 9.97. The Bertz CT molecular complexity index is 1100. The molecular formula is C22H28FN3O6S. The third-order valence-corrected chi connectivity index (χ3v) is 5.10. The zero-order valence-electron chi connectivity index (χ0n) is 18.8. The van der Waals surface area contributed by atoms with Crippen LogP contribution in [-0.2, 0) is 19.6 Å². The molecule has 33 heavy (non-hydrogen) atoms. The van der Waals surface area contributed by atoms with Crippen LogP contribution in [0.25, 0.3) is 17.3 Å². The molecule has 0 radical (unpaired) electrons. The maximum Gasteiger partial charge on any atom is 0.308 e. The molecule has 0 aliphatic heterocycles. The fourth-order valence-electron chi connectivity index (χ4n) is 3.05. The Morgan fingerprint density at radius 1 is 1.21 bits per heavy atom. The van der Waals surface area contributed by atoms with Crippen molar-refractivity contribution in [2.45, 2.75) is 44.8 Å². The van der Waals surface area contributed by atoms with Gasteiger partial charge in [-0.15, -0.1) is 0 Å². The number of hydrogen-bond donors (Lipinski definition) is 3. The van der Waals surface area contributed by atoms with Gasteiger partial charge < -0.3 is 14.9 Å². The third-order valence-electron chi connectivity index (χ3n) is 4.54. The van der Waals surface area contributed by atoms with E-state index in [4.69, 9.17) is 0 Å². The Labute approximate surface area is 192 Å². The summed E-state index contributed by atoms with van der Waals surface area (Å²) in [5, 5.41) is 20.3. The van der Waals surface area contributed by atoms with Gasteiger partial charge in [0.1, 0.15) is 5.82 Å². The van der Waals surface area contributed by atoms with E-state index in [1.54, 1.807) is 6.08 Å². The number of carbonyl (C=O) groups is 1. The fraction of sp³-hybridized carbons (Fsp3) is 0.409. The van der Waals surface area contributed by atoms with Gasteiger partial charge >= 0.3 is 5.97 Å². The van der Waals surface area contributed by atoms with Crippen molar-refractivity contribution in [2.75, 3.05) is 18.1 Å². The molecule has 0 aliphatic rings. The second-order valence-corrected chi connectivity index (χ2v) is 9.58. The molecule has 2 rings (SSSR count). The number of aliphatic hydroxyl groups is 2. The van der Waals surface area contributed by atoms with Crippen LogP contribution < -0.4 is 4.72 Å². The maximum atomic E-state index is 13.5. The van der Waals surface area contributed by atoms with E-state index in [0.717, 1.165) is 6.26 Å². The molecule has 3 N–H and O–H groups in total. The van der Waals surface area contributed by atoms with Crippen LogP contribution in [0.2, 0.25) is 0 Å². The lowest BCUT2D eigenvalue weighted by Crippen LogP contribution is -2.20. The summed E-state index contributed by atoms with van der Waals surface area (Å²) in [6.45, 7) is 3.71. The number of aliphatic hydroxyl groups excluding tert-OH is 2. The lowest BCUT2D eigenvalue weighted by Gasteiger charge is -2.17. The molecule has 0 unspecified atom stereocenters. The molecule has 11 heteroatoms. The van der Waals surface area contributed by atoms with Gasteiger partial charge in [0.2, 0.25) is 16.0 Å². The van der Waals surface area contributed by atoms with Crippen molar-refractivity contribution in [3.63, 3.8) is 0 Å². The number of aromatic nitrogens is 2. The van der Waals surface area contributed by atoms with Crippen LogP contribution in [0.3, 0.4) is 0 Å². The molecule has 0 spiro atoms. The number of anilines is 1. The van der Waals surface area contributed by atoms with Crippen LogP contribution in [-0.4, -0.2) is 60.1 Å². The number of benzene rings is 1. The second kappa shape index (κ2) is 11.3. The minimum absolute atomic E-state index is 0.108. The summed E-state index contributed by atoms with van der Waals surface area (Å²) in [5.74, 6) is -1.33. The highest BCUT2D eigenvalue weighted by atomic mass is 32.2. The molecule has 2 aromatic rings. The third kappa shape index (κ3) is 8.19. The Morgan fingerprint density at radius 3 is 2.39 bits per heavy atom. The normalized spacial score (nSPS) is 13.8. The number of sulfonamides is 1. The monoisotopic (exact) mass is 481 g/mol. The standard InChI is InChI=1S/C22H28FN3O6S/c1-13(2)20-18(10-9-16(27)11-17(28)12-19(29)32-3)21(14-5-7-15(23)8-6-14)25-22(24-20)26-33(4,30)31/h5-10,13,16-17,27-28H,11-12H2,1-4H3,(H,24,25,26)/b10-9+/t16-,17-/m1/s1. The number of esters is 1. The molecule has 0 saturated heterocycles. The van der Waals surface area contributed by atoms with Crippen molar-refractivity contribution < 1.29 is 32.6 Å². The SMILES string of the molecule is COC(=O)C[C@H](O)C[C@H](O)/C=C/c1c(-c2ccc(F)cc2)nc(NS(C)(=O)=O)nc1C(C)C. The summed E-state index contributed by atoms with van der Waals surface area (Å²) in [7, 11) is -2.44. The van der Waals surface area contributed by atoms with Crippen LogP contribution in [0.4, 0.5) is 10.3 Å². The van der Waals surface area contributed by atoms with E-state index in [-0.39, 0.29) is 24.7 Å². The van der Waals surface area contributed by atoms with Crippen LogP contribution >= 0.6 is 0 Å². The molecule has 0 bridgehead atoms. The Balaban J connectivity index is 2.50. The molecule has 2 atom stereocenters. The highest BCUT2D eigenvalue weighted by Crippen LogP contribution is 2.31. The van der Waals surface area contributed by atoms with E-state index in [2.05, 4.69) is 19.4 Å². The minimum atomic E-state index is -3.65. The number of ether oxygens (including phenoxy) is 1. The summed E-state index contributed by atoms with van der Waals surface area (Å²) in [6, 6.07) is 5.50. The summed E-state index contributed by atoms with van der Waals surface area (Å²) in [5.41, 5.74) is 1.83. The maximum absolute atomic E-state index is 13.5. The number of nitrogens with one attached hydrogen (secondary N) is 1. The number of halogens is 1. The van der Waals surface area contributed by atoms with Gasteiger partial charge in [0.05, 0.1) is 43.4 Å². The molecular weight excluding hydrogens is 453 g/mol. The number of carbonyl (C=O) groups excluding carboxylic acids is 1. The zero-order valence-corrected chi connectivity index (χ0v) is 19.6. The average molecular weight is 482 g/mol. The van der Waals surface area contributed by atoms with E-state index >= 15 is 0 Å². The van der Waals surface area contributed by atoms with Crippen molar-refractivity contribution in [3.8, 4) is 11.3 Å². The predicted molar refractivity (Wildman–Crippen MR) is 122 cm³/mol. The molecule has 0 aliphatic carbocycles. The first-order valence-corrected chi connectivity index (χ1v) is 12.1. The number of methoxy groups -OCH3 is 1. The molecule has 1 aromatic carbocycles. The zero-order chi connectivity index (χ0) is 24.8. The number of nitrogens with zero attached hydrogens (tertiary/aromatic N) is 2. The van der Waals surface area contributed by atoms with Crippen molar-refractivity contribution in [2.24, 2.45) is 0 Å². The summed E-state index contributed by atoms with van der Waals surface area (Å²) in [6.07, 6.45) is 1.40. The van der Waals surface area contributed by atoms with Crippen molar-refractivity contribution in [3.05, 3.63) is 47.4 Å². The predicted octanol–water partition coefficient (Wildman–Crippen LogP) is 2.47. The number of rotatable bonds is 10. The molecule has 1 aromatic heterocycles. The van der Waals surface area contributed by atoms with Gasteiger partial charge in [-0.1, -0.05) is 26.0 Å². The fourth-order valence-corrected chi connectivity index (χ4v) is 3.48. The summed E-state index contributed by atoms with van der Waals surface area (Å²) in [4.78, 5) is 19.9. The Kier molecular flexibility index (Phi) is 9.03. The number of hydrogen-bond acceptors (Lipinski definition) is 8. The van der Waals surface area contributed by atoms with E-state index < -0.39 is 34.0 Å². The topological polar surface area (TPSA) is 139 Å². The van der Waals surface area contributed by atoms with Crippen LogP contribution in [0.15, 0.2) is 30.3 Å². The quantitative estimate of drug-likeness (QED) is 0.440. The highest BCUT2D eigenvalue weighted by Gasteiger charge is 2.19. The van der Waals surface area contributed by atoms with Gasteiger partial charge in [0.15, 0.2) is 0 Å². The Hall–Kier alpha value is -2.89. The average Bonchev–Trinajstić information content (AvgIpc) is 2.71. The van der Waals surface area contributed by atoms with E-state index in [0.29, 0.717) is 22.5 Å². The molecule has 1 heterocycles. The first-order chi connectivity index (χ1) is 15.4. The highest BCUT2D eigenvalue weighted by molar-refractivity contribution is 7.91. The Morgan fingerprint density at radius 2 is 1.85 bits per heavy atom. The smallest absolute Gasteiger partial charge is 0.308 e. The summed E-state index contributed by atoms with van der Waals surface area (Å²) >= 11 is 0. The van der Waals surface area contributed by atoms with Crippen molar-refractivity contribution >= 4 is 28.0 Å². The lowest BCUT2D eigenvalue weighted by molar-refractivity contribution is -0.143. The minimum Gasteiger partial charge on any atom is -0.469 e. The molecule has 0 amide bonds. The van der Waals surface area contributed by atoms with Gasteiger partial charge in [-0.2, -0.15) is 0 Å². The molecule has 0 fully saturated rings. The van der Waals surface area contributed by atoms with Gasteiger partial charge in [0.25, 0.3) is 0 Å². The van der Waals surface area contributed by atoms with Crippen LogP contribution in [0.5, 0.6) is 0 Å². The first kappa shape index (κ1) is 26.4. The second-order valence-electron chi connectivity index (χ2n) is 7.83. The molecule has 180 valence electrons. The van der Waals surface area contributed by atoms with E-state index in [1.807, 2.05) is 13.8 Å². The van der Waals surface area contributed by atoms with Gasteiger partial charge in [-0.3, -0.25) is 9.52 Å². The van der Waals surface area contributed by atoms with Crippen molar-refractivity contribution in [1.82, 2.24) is 9.97 Å². The molecule has 9 nitrogen and oxygen atoms in total. The van der Waals surface area contributed by atoms with Crippen LogP contribution in [0.1, 0.15) is 43.9 Å². The van der Waals surface area contributed by atoms with Crippen LogP contribution in [0, 0.1) is 5.82 Å². The van der Waals surface area contributed by atoms with Gasteiger partial charge in [-0.25, -0.2) is 22.8 Å².